The van der Waals surface area contributed by atoms with Gasteiger partial charge in [-0.1, -0.05) is 59.6 Å². The Kier molecular flexibility index (Phi) is 6.41. The maximum Gasteiger partial charge on any atom is 0.304 e. The van der Waals surface area contributed by atoms with Crippen molar-refractivity contribution >= 4 is 21.9 Å². The molecular formula is C15H21BrO2. The molecule has 0 amide bonds. The van der Waals surface area contributed by atoms with E-state index < -0.39 is 5.97 Å². The summed E-state index contributed by atoms with van der Waals surface area (Å²) in [6, 6.07) is 10.1. The van der Waals surface area contributed by atoms with Crippen molar-refractivity contribution in [3.63, 3.8) is 0 Å². The van der Waals surface area contributed by atoms with Crippen molar-refractivity contribution in [3.05, 3.63) is 35.9 Å². The highest BCUT2D eigenvalue weighted by atomic mass is 79.9. The van der Waals surface area contributed by atoms with Gasteiger partial charge in [-0.3, -0.25) is 4.79 Å². The number of carboxylic acid groups (broad SMARTS) is 1. The minimum Gasteiger partial charge on any atom is -0.481 e. The molecule has 0 fully saturated rings. The molecule has 100 valence electrons. The predicted molar refractivity (Wildman–Crippen MR) is 78.3 cm³/mol. The zero-order valence-corrected chi connectivity index (χ0v) is 12.4. The van der Waals surface area contributed by atoms with Crippen LogP contribution in [-0.2, 0) is 10.2 Å². The van der Waals surface area contributed by atoms with Crippen LogP contribution in [0.4, 0.5) is 0 Å². The summed E-state index contributed by atoms with van der Waals surface area (Å²) < 4.78 is 0. The molecule has 1 aromatic carbocycles. The van der Waals surface area contributed by atoms with Gasteiger partial charge >= 0.3 is 5.97 Å². The Labute approximate surface area is 118 Å². The number of carbonyl (C=O) groups is 1. The molecule has 0 aliphatic rings. The number of alkyl halides is 1. The largest absolute Gasteiger partial charge is 0.481 e. The molecule has 18 heavy (non-hydrogen) atoms. The summed E-state index contributed by atoms with van der Waals surface area (Å²) in [5.74, 6) is -0.709. The number of halogens is 1. The summed E-state index contributed by atoms with van der Waals surface area (Å²) in [6.45, 7) is 2.09. The first-order valence-electron chi connectivity index (χ1n) is 6.48. The monoisotopic (exact) mass is 312 g/mol. The summed E-state index contributed by atoms with van der Waals surface area (Å²) in [5, 5.41) is 10.2. The minimum atomic E-state index is -0.709. The van der Waals surface area contributed by atoms with E-state index in [1.165, 1.54) is 0 Å². The van der Waals surface area contributed by atoms with Gasteiger partial charge in [0.05, 0.1) is 6.42 Å². The van der Waals surface area contributed by atoms with Gasteiger partial charge in [0.2, 0.25) is 0 Å². The average molecular weight is 313 g/mol. The number of hydrogen-bond donors (Lipinski definition) is 1. The molecule has 0 aliphatic carbocycles. The first-order valence-corrected chi connectivity index (χ1v) is 7.60. The Bertz CT molecular complexity index is 364. The van der Waals surface area contributed by atoms with Gasteiger partial charge in [0, 0.05) is 10.7 Å². The maximum atomic E-state index is 11.2. The predicted octanol–water partition coefficient (Wildman–Crippen LogP) is 4.37. The third kappa shape index (κ3) is 4.13. The van der Waals surface area contributed by atoms with Crippen LogP contribution in [0.15, 0.2) is 30.3 Å². The number of unbranched alkanes of at least 4 members (excludes halogenated alkanes) is 1. The Morgan fingerprint density at radius 3 is 2.44 bits per heavy atom. The lowest BCUT2D eigenvalue weighted by atomic mass is 9.72. The van der Waals surface area contributed by atoms with E-state index in [9.17, 15) is 9.90 Å². The molecule has 1 unspecified atom stereocenters. The number of carboxylic acids is 1. The van der Waals surface area contributed by atoms with Crippen LogP contribution in [-0.4, -0.2) is 16.4 Å². The quantitative estimate of drug-likeness (QED) is 0.571. The highest BCUT2D eigenvalue weighted by Gasteiger charge is 2.32. The number of hydrogen-bond acceptors (Lipinski definition) is 1. The van der Waals surface area contributed by atoms with Crippen LogP contribution in [0.5, 0.6) is 0 Å². The van der Waals surface area contributed by atoms with Crippen molar-refractivity contribution in [1.82, 2.24) is 0 Å². The van der Waals surface area contributed by atoms with Crippen LogP contribution < -0.4 is 0 Å². The van der Waals surface area contributed by atoms with Crippen molar-refractivity contribution in [3.8, 4) is 0 Å². The molecule has 0 bridgehead atoms. The summed E-state index contributed by atoms with van der Waals surface area (Å²) >= 11 is 3.43. The van der Waals surface area contributed by atoms with Gasteiger partial charge in [-0.05, 0) is 24.8 Å². The van der Waals surface area contributed by atoms with E-state index in [1.807, 2.05) is 18.2 Å². The van der Waals surface area contributed by atoms with Crippen LogP contribution in [0, 0.1) is 0 Å². The molecule has 0 saturated carbocycles. The molecule has 0 radical (unpaired) electrons. The summed E-state index contributed by atoms with van der Waals surface area (Å²) in [4.78, 5) is 11.2. The van der Waals surface area contributed by atoms with E-state index in [2.05, 4.69) is 35.0 Å². The Hall–Kier alpha value is -0.830. The number of aliphatic carboxylic acids is 1. The van der Waals surface area contributed by atoms with Gasteiger partial charge in [-0.25, -0.2) is 0 Å². The fourth-order valence-corrected chi connectivity index (χ4v) is 2.88. The zero-order chi connectivity index (χ0) is 13.4. The minimum absolute atomic E-state index is 0.213. The number of benzene rings is 1. The van der Waals surface area contributed by atoms with Gasteiger partial charge < -0.3 is 5.11 Å². The van der Waals surface area contributed by atoms with Gasteiger partial charge in [0.25, 0.3) is 0 Å². The highest BCUT2D eigenvalue weighted by Crippen LogP contribution is 2.37. The molecular weight excluding hydrogens is 292 g/mol. The van der Waals surface area contributed by atoms with Crippen molar-refractivity contribution in [2.75, 3.05) is 5.33 Å². The lowest BCUT2D eigenvalue weighted by Crippen LogP contribution is -2.28. The molecule has 1 atom stereocenters. The Morgan fingerprint density at radius 2 is 1.94 bits per heavy atom. The second kappa shape index (κ2) is 7.57. The fraction of sp³-hybridized carbons (Fsp3) is 0.533. The van der Waals surface area contributed by atoms with E-state index in [-0.39, 0.29) is 11.8 Å². The SMILES string of the molecule is CCC(CCCCBr)(CC(=O)O)c1ccccc1. The van der Waals surface area contributed by atoms with Gasteiger partial charge in [-0.2, -0.15) is 0 Å². The molecule has 3 heteroatoms. The molecule has 1 N–H and O–H groups in total. The normalized spacial score (nSPS) is 14.1. The topological polar surface area (TPSA) is 37.3 Å². The number of rotatable bonds is 8. The standard InChI is InChI=1S/C15H21BrO2/c1-2-15(12-14(17)18,10-6-7-11-16)13-8-4-3-5-9-13/h3-5,8-9H,2,6-7,10-12H2,1H3,(H,17,18). The van der Waals surface area contributed by atoms with E-state index >= 15 is 0 Å². The Morgan fingerprint density at radius 1 is 1.28 bits per heavy atom. The molecule has 0 aromatic heterocycles. The third-order valence-corrected chi connectivity index (χ3v) is 4.15. The van der Waals surface area contributed by atoms with E-state index in [0.717, 1.165) is 36.6 Å². The molecule has 1 rings (SSSR count). The lowest BCUT2D eigenvalue weighted by molar-refractivity contribution is -0.138. The second-order valence-corrected chi connectivity index (χ2v) is 5.51. The van der Waals surface area contributed by atoms with E-state index in [1.54, 1.807) is 0 Å². The summed E-state index contributed by atoms with van der Waals surface area (Å²) in [5.41, 5.74) is 0.944. The fourth-order valence-electron chi connectivity index (χ4n) is 2.48. The van der Waals surface area contributed by atoms with Crippen molar-refractivity contribution in [2.24, 2.45) is 0 Å². The van der Waals surface area contributed by atoms with E-state index in [4.69, 9.17) is 0 Å². The maximum absolute atomic E-state index is 11.2. The first-order chi connectivity index (χ1) is 8.64. The van der Waals surface area contributed by atoms with Crippen LogP contribution in [0.2, 0.25) is 0 Å². The highest BCUT2D eigenvalue weighted by molar-refractivity contribution is 9.09. The van der Waals surface area contributed by atoms with Crippen LogP contribution in [0.25, 0.3) is 0 Å². The third-order valence-electron chi connectivity index (χ3n) is 3.59. The smallest absolute Gasteiger partial charge is 0.304 e. The molecule has 0 heterocycles. The van der Waals surface area contributed by atoms with Gasteiger partial charge in [0.1, 0.15) is 0 Å². The van der Waals surface area contributed by atoms with Gasteiger partial charge in [0.15, 0.2) is 0 Å². The van der Waals surface area contributed by atoms with Crippen molar-refractivity contribution in [1.29, 1.82) is 0 Å². The molecule has 0 aliphatic heterocycles. The van der Waals surface area contributed by atoms with Crippen molar-refractivity contribution in [2.45, 2.75) is 44.4 Å². The molecule has 1 aromatic rings. The lowest BCUT2D eigenvalue weighted by Gasteiger charge is -2.32. The molecule has 0 spiro atoms. The molecule has 0 saturated heterocycles. The first kappa shape index (κ1) is 15.2. The van der Waals surface area contributed by atoms with Gasteiger partial charge in [-0.15, -0.1) is 0 Å². The van der Waals surface area contributed by atoms with Crippen LogP contribution in [0.3, 0.4) is 0 Å². The second-order valence-electron chi connectivity index (χ2n) is 4.72. The van der Waals surface area contributed by atoms with Crippen LogP contribution >= 0.6 is 15.9 Å². The zero-order valence-electron chi connectivity index (χ0n) is 10.9. The van der Waals surface area contributed by atoms with Crippen molar-refractivity contribution < 1.29 is 9.90 Å². The molecule has 2 nitrogen and oxygen atoms in total. The summed E-state index contributed by atoms with van der Waals surface area (Å²) in [6.07, 6.45) is 4.17. The Balaban J connectivity index is 2.94. The van der Waals surface area contributed by atoms with E-state index in [0.29, 0.717) is 0 Å². The van der Waals surface area contributed by atoms with Crippen LogP contribution in [0.1, 0.15) is 44.6 Å². The average Bonchev–Trinajstić information content (AvgIpc) is 2.38. The summed E-state index contributed by atoms with van der Waals surface area (Å²) in [7, 11) is 0.